The van der Waals surface area contributed by atoms with E-state index in [2.05, 4.69) is 44.7 Å². The molecular weight excluding hydrogens is 456 g/mol. The third kappa shape index (κ3) is 4.46. The summed E-state index contributed by atoms with van der Waals surface area (Å²) in [4.78, 5) is 42.0. The highest BCUT2D eigenvalue weighted by molar-refractivity contribution is 5.77. The summed E-state index contributed by atoms with van der Waals surface area (Å²) in [7, 11) is 0. The molecule has 0 spiro atoms. The smallest absolute Gasteiger partial charge is 0.253 e. The van der Waals surface area contributed by atoms with Gasteiger partial charge in [-0.3, -0.25) is 19.3 Å². The van der Waals surface area contributed by atoms with Gasteiger partial charge in [-0.15, -0.1) is 0 Å². The minimum absolute atomic E-state index is 0.00932. The molecule has 1 aromatic heterocycles. The van der Waals surface area contributed by atoms with Gasteiger partial charge in [-0.1, -0.05) is 24.3 Å². The van der Waals surface area contributed by atoms with Crippen LogP contribution in [0, 0.1) is 0 Å². The summed E-state index contributed by atoms with van der Waals surface area (Å²) in [6, 6.07) is 12.8. The number of hydrogen-bond acceptors (Lipinski definition) is 7. The molecule has 1 amide bonds. The quantitative estimate of drug-likeness (QED) is 0.471. The maximum absolute atomic E-state index is 13.0. The monoisotopic (exact) mass is 488 g/mol. The van der Waals surface area contributed by atoms with E-state index in [1.54, 1.807) is 6.26 Å². The number of benzene rings is 1. The average molecular weight is 489 g/mol. The molecule has 2 fully saturated rings. The van der Waals surface area contributed by atoms with Crippen molar-refractivity contribution in [3.8, 4) is 0 Å². The Morgan fingerprint density at radius 3 is 2.53 bits per heavy atom. The second-order valence-corrected chi connectivity index (χ2v) is 10.3. The van der Waals surface area contributed by atoms with E-state index < -0.39 is 0 Å². The standard InChI is InChI=1S/C28H32N4O4/c33-24(29-17-21-5-3-15-36-21)16-23-22-6-2-1-4-18(22)9-14-32(23)20-10-12-31(13-11-20)26-25(27(34)28(26)35)30-19-7-8-19/h1-6,15,19-20,23,30H,7-14,16-17H2,(H,29,33). The molecule has 36 heavy (non-hydrogen) atoms. The molecule has 1 saturated carbocycles. The molecule has 8 nitrogen and oxygen atoms in total. The Labute approximate surface area is 210 Å². The molecule has 1 atom stereocenters. The zero-order valence-corrected chi connectivity index (χ0v) is 20.4. The second kappa shape index (κ2) is 9.58. The van der Waals surface area contributed by atoms with Crippen LogP contribution in [0.4, 0.5) is 11.4 Å². The average Bonchev–Trinajstić information content (AvgIpc) is 3.58. The summed E-state index contributed by atoms with van der Waals surface area (Å²) in [5.74, 6) is 0.751. The van der Waals surface area contributed by atoms with Crippen LogP contribution in [-0.2, 0) is 17.8 Å². The van der Waals surface area contributed by atoms with E-state index in [9.17, 15) is 14.4 Å². The van der Waals surface area contributed by atoms with Crippen molar-refractivity contribution >= 4 is 17.3 Å². The highest BCUT2D eigenvalue weighted by atomic mass is 16.3. The van der Waals surface area contributed by atoms with E-state index in [0.29, 0.717) is 36.4 Å². The molecular formula is C28H32N4O4. The van der Waals surface area contributed by atoms with Crippen LogP contribution in [0.15, 0.2) is 56.7 Å². The molecule has 8 heteroatoms. The number of nitrogens with one attached hydrogen (secondary N) is 2. The van der Waals surface area contributed by atoms with Crippen molar-refractivity contribution in [1.82, 2.24) is 10.2 Å². The lowest BCUT2D eigenvalue weighted by Crippen LogP contribution is -2.52. The first kappa shape index (κ1) is 23.0. The third-order valence-electron chi connectivity index (χ3n) is 7.93. The first-order valence-electron chi connectivity index (χ1n) is 13.1. The largest absolute Gasteiger partial charge is 0.467 e. The minimum Gasteiger partial charge on any atom is -0.467 e. The predicted molar refractivity (Wildman–Crippen MR) is 138 cm³/mol. The maximum atomic E-state index is 13.0. The number of piperidine rings is 1. The summed E-state index contributed by atoms with van der Waals surface area (Å²) < 4.78 is 5.35. The van der Waals surface area contributed by atoms with Crippen molar-refractivity contribution in [2.45, 2.75) is 63.2 Å². The number of furan rings is 1. The molecule has 6 rings (SSSR count). The highest BCUT2D eigenvalue weighted by Crippen LogP contribution is 2.37. The van der Waals surface area contributed by atoms with Gasteiger partial charge in [0.05, 0.1) is 12.8 Å². The van der Waals surface area contributed by atoms with Gasteiger partial charge in [-0.05, 0) is 55.4 Å². The number of rotatable bonds is 8. The Bertz CT molecular complexity index is 1300. The first-order chi connectivity index (χ1) is 17.6. The van der Waals surface area contributed by atoms with Crippen molar-refractivity contribution in [3.63, 3.8) is 0 Å². The molecule has 1 saturated heterocycles. The van der Waals surface area contributed by atoms with Gasteiger partial charge >= 0.3 is 0 Å². The van der Waals surface area contributed by atoms with Crippen LogP contribution in [-0.4, -0.2) is 42.5 Å². The van der Waals surface area contributed by atoms with Gasteiger partial charge in [0.1, 0.15) is 17.1 Å². The first-order valence-corrected chi connectivity index (χ1v) is 13.1. The van der Waals surface area contributed by atoms with Crippen LogP contribution in [0.2, 0.25) is 0 Å². The Morgan fingerprint density at radius 2 is 1.78 bits per heavy atom. The number of anilines is 2. The number of hydrogen-bond donors (Lipinski definition) is 2. The molecule has 3 aromatic rings. The SMILES string of the molecule is O=C(CC1c2ccccc2CCN1C1CCN(c2c(NC3CC3)c(=O)c2=O)CC1)NCc1ccco1. The van der Waals surface area contributed by atoms with E-state index in [1.165, 1.54) is 11.1 Å². The van der Waals surface area contributed by atoms with Crippen molar-refractivity contribution < 1.29 is 9.21 Å². The lowest BCUT2D eigenvalue weighted by atomic mass is 9.87. The number of amides is 1. The summed E-state index contributed by atoms with van der Waals surface area (Å²) in [5, 5.41) is 6.27. The highest BCUT2D eigenvalue weighted by Gasteiger charge is 2.37. The third-order valence-corrected chi connectivity index (χ3v) is 7.93. The normalized spacial score (nSPS) is 20.9. The summed E-state index contributed by atoms with van der Waals surface area (Å²) in [5.41, 5.74) is 2.94. The van der Waals surface area contributed by atoms with Gasteiger partial charge in [0.2, 0.25) is 5.91 Å². The van der Waals surface area contributed by atoms with Gasteiger partial charge < -0.3 is 20.0 Å². The van der Waals surface area contributed by atoms with Crippen molar-refractivity contribution in [3.05, 3.63) is 80.0 Å². The molecule has 188 valence electrons. The van der Waals surface area contributed by atoms with E-state index in [-0.39, 0.29) is 22.8 Å². The molecule has 2 aromatic carbocycles. The molecule has 1 aliphatic carbocycles. The maximum Gasteiger partial charge on any atom is 0.253 e. The zero-order chi connectivity index (χ0) is 24.6. The van der Waals surface area contributed by atoms with Gasteiger partial charge in [0.25, 0.3) is 10.9 Å². The minimum atomic E-state index is -0.368. The fourth-order valence-corrected chi connectivity index (χ4v) is 5.85. The molecule has 2 N–H and O–H groups in total. The van der Waals surface area contributed by atoms with Crippen LogP contribution < -0.4 is 26.4 Å². The fraction of sp³-hybridized carbons (Fsp3) is 0.464. The summed E-state index contributed by atoms with van der Waals surface area (Å²) >= 11 is 0. The van der Waals surface area contributed by atoms with Gasteiger partial charge in [0.15, 0.2) is 0 Å². The van der Waals surface area contributed by atoms with Crippen molar-refractivity contribution in [1.29, 1.82) is 0 Å². The Hall–Kier alpha value is -3.39. The fourth-order valence-electron chi connectivity index (χ4n) is 5.85. The molecule has 3 aliphatic rings. The van der Waals surface area contributed by atoms with Crippen LogP contribution in [0.5, 0.6) is 0 Å². The van der Waals surface area contributed by atoms with Crippen LogP contribution >= 0.6 is 0 Å². The molecule has 0 radical (unpaired) electrons. The van der Waals surface area contributed by atoms with Crippen LogP contribution in [0.25, 0.3) is 0 Å². The molecule has 1 unspecified atom stereocenters. The number of nitrogens with zero attached hydrogens (tertiary/aromatic N) is 2. The summed E-state index contributed by atoms with van der Waals surface area (Å²) in [6.45, 7) is 2.78. The predicted octanol–water partition coefficient (Wildman–Crippen LogP) is 2.72. The van der Waals surface area contributed by atoms with E-state index in [1.807, 2.05) is 12.1 Å². The van der Waals surface area contributed by atoms with Gasteiger partial charge in [-0.2, -0.15) is 0 Å². The van der Waals surface area contributed by atoms with Crippen molar-refractivity contribution in [2.75, 3.05) is 29.9 Å². The lowest BCUT2D eigenvalue weighted by molar-refractivity contribution is -0.123. The lowest BCUT2D eigenvalue weighted by Gasteiger charge is -2.45. The number of fused-ring (bicyclic) bond motifs is 1. The van der Waals surface area contributed by atoms with Crippen LogP contribution in [0.1, 0.15) is 55.0 Å². The van der Waals surface area contributed by atoms with E-state index in [0.717, 1.165) is 57.5 Å². The van der Waals surface area contributed by atoms with E-state index in [4.69, 9.17) is 4.42 Å². The van der Waals surface area contributed by atoms with Crippen molar-refractivity contribution in [2.24, 2.45) is 0 Å². The Morgan fingerprint density at radius 1 is 0.972 bits per heavy atom. The van der Waals surface area contributed by atoms with Gasteiger partial charge in [-0.25, -0.2) is 0 Å². The Kier molecular flexibility index (Phi) is 6.13. The topological polar surface area (TPSA) is 94.9 Å². The molecule has 2 aliphatic heterocycles. The van der Waals surface area contributed by atoms with Gasteiger partial charge in [0, 0.05) is 44.2 Å². The number of carbonyl (C=O) groups excluding carboxylic acids is 1. The molecule has 0 bridgehead atoms. The molecule has 3 heterocycles. The zero-order valence-electron chi connectivity index (χ0n) is 20.4. The second-order valence-electron chi connectivity index (χ2n) is 10.3. The summed E-state index contributed by atoms with van der Waals surface area (Å²) in [6.07, 6.45) is 6.89. The Balaban J connectivity index is 1.14. The number of carbonyl (C=O) groups is 1. The van der Waals surface area contributed by atoms with E-state index >= 15 is 0 Å². The van der Waals surface area contributed by atoms with Crippen LogP contribution in [0.3, 0.4) is 0 Å².